The van der Waals surface area contributed by atoms with E-state index in [4.69, 9.17) is 9.47 Å². The summed E-state index contributed by atoms with van der Waals surface area (Å²) in [6, 6.07) is 13.5. The molecule has 2 heterocycles. The lowest BCUT2D eigenvalue weighted by Gasteiger charge is -2.05. The molecule has 0 aliphatic carbocycles. The predicted molar refractivity (Wildman–Crippen MR) is 70.8 cm³/mol. The largest absolute Gasteiger partial charge is 0.373 e. The van der Waals surface area contributed by atoms with Gasteiger partial charge in [-0.2, -0.15) is 0 Å². The summed E-state index contributed by atoms with van der Waals surface area (Å²) in [7, 11) is 0. The number of hydrogen-bond acceptors (Lipinski definition) is 2. The van der Waals surface area contributed by atoms with Crippen LogP contribution in [0.2, 0.25) is 0 Å². The lowest BCUT2D eigenvalue weighted by molar-refractivity contribution is 0.407. The number of epoxide rings is 2. The molecule has 0 spiro atoms. The van der Waals surface area contributed by atoms with Crippen LogP contribution in [-0.4, -0.2) is 25.4 Å². The Morgan fingerprint density at radius 1 is 0.778 bits per heavy atom. The van der Waals surface area contributed by atoms with Crippen molar-refractivity contribution in [3.63, 3.8) is 0 Å². The summed E-state index contributed by atoms with van der Waals surface area (Å²) < 4.78 is 10.6. The van der Waals surface area contributed by atoms with Gasteiger partial charge in [-0.25, -0.2) is 0 Å². The number of hydrogen-bond donors (Lipinski definition) is 0. The smallest absolute Gasteiger partial charge is 0.0850 e. The third kappa shape index (κ3) is 2.26. The Kier molecular flexibility index (Phi) is 2.39. The van der Waals surface area contributed by atoms with Crippen molar-refractivity contribution < 1.29 is 9.47 Å². The van der Waals surface area contributed by atoms with E-state index in [1.54, 1.807) is 0 Å². The zero-order valence-electron chi connectivity index (χ0n) is 10.3. The van der Waals surface area contributed by atoms with Gasteiger partial charge in [-0.15, -0.1) is 0 Å². The van der Waals surface area contributed by atoms with Crippen molar-refractivity contribution in [1.82, 2.24) is 0 Å². The second kappa shape index (κ2) is 4.08. The number of rotatable bonds is 4. The van der Waals surface area contributed by atoms with Crippen LogP contribution in [0.1, 0.15) is 11.1 Å². The van der Waals surface area contributed by atoms with Gasteiger partial charge in [0.2, 0.25) is 0 Å². The third-order valence-corrected chi connectivity index (χ3v) is 3.70. The van der Waals surface area contributed by atoms with Crippen LogP contribution in [0.3, 0.4) is 0 Å². The molecule has 0 bridgehead atoms. The monoisotopic (exact) mass is 240 g/mol. The van der Waals surface area contributed by atoms with Gasteiger partial charge >= 0.3 is 0 Å². The van der Waals surface area contributed by atoms with Crippen molar-refractivity contribution in [2.24, 2.45) is 0 Å². The molecule has 2 aromatic carbocycles. The second-order valence-corrected chi connectivity index (χ2v) is 5.33. The molecule has 2 fully saturated rings. The molecule has 4 rings (SSSR count). The first-order valence-electron chi connectivity index (χ1n) is 6.61. The minimum Gasteiger partial charge on any atom is -0.373 e. The van der Waals surface area contributed by atoms with Crippen LogP contribution >= 0.6 is 0 Å². The van der Waals surface area contributed by atoms with E-state index >= 15 is 0 Å². The number of fused-ring (bicyclic) bond motifs is 1. The molecule has 2 nitrogen and oxygen atoms in total. The summed E-state index contributed by atoms with van der Waals surface area (Å²) in [5.41, 5.74) is 2.76. The zero-order chi connectivity index (χ0) is 11.9. The van der Waals surface area contributed by atoms with Crippen molar-refractivity contribution in [2.75, 3.05) is 13.2 Å². The van der Waals surface area contributed by atoms with Gasteiger partial charge in [0.1, 0.15) is 0 Å². The maximum absolute atomic E-state index is 5.28. The van der Waals surface area contributed by atoms with E-state index in [0.29, 0.717) is 12.2 Å². The normalized spacial score (nSPS) is 25.3. The highest BCUT2D eigenvalue weighted by Crippen LogP contribution is 2.23. The molecule has 2 aliphatic heterocycles. The summed E-state index contributed by atoms with van der Waals surface area (Å²) in [6.45, 7) is 1.86. The molecule has 2 atom stereocenters. The lowest BCUT2D eigenvalue weighted by Crippen LogP contribution is -1.94. The van der Waals surface area contributed by atoms with E-state index < -0.39 is 0 Å². The fraction of sp³-hybridized carbons (Fsp3) is 0.375. The molecule has 0 radical (unpaired) electrons. The summed E-state index contributed by atoms with van der Waals surface area (Å²) in [6.07, 6.45) is 3.03. The summed E-state index contributed by atoms with van der Waals surface area (Å²) in [4.78, 5) is 0. The van der Waals surface area contributed by atoms with Gasteiger partial charge in [0, 0.05) is 12.8 Å². The standard InChI is InChI=1S/C16H16O2/c1-3-13-6-12(8-16-10-18-16)2-4-14(13)5-11(1)7-15-9-17-15/h1-6,15-16H,7-10H2. The fourth-order valence-corrected chi connectivity index (χ4v) is 2.50. The van der Waals surface area contributed by atoms with Crippen molar-refractivity contribution in [3.8, 4) is 0 Å². The molecule has 0 aromatic heterocycles. The highest BCUT2D eigenvalue weighted by molar-refractivity contribution is 5.83. The van der Waals surface area contributed by atoms with Crippen LogP contribution in [0.15, 0.2) is 36.4 Å². The van der Waals surface area contributed by atoms with E-state index in [-0.39, 0.29) is 0 Å². The third-order valence-electron chi connectivity index (χ3n) is 3.70. The average molecular weight is 240 g/mol. The van der Waals surface area contributed by atoms with E-state index in [1.165, 1.54) is 21.9 Å². The Bertz CT molecular complexity index is 529. The Morgan fingerprint density at radius 2 is 1.22 bits per heavy atom. The highest BCUT2D eigenvalue weighted by Gasteiger charge is 2.23. The minimum atomic E-state index is 0.466. The SMILES string of the molecule is c1cc2cc(CC3CO3)ccc2cc1CC1CO1. The summed E-state index contributed by atoms with van der Waals surface area (Å²) in [5, 5.41) is 2.65. The van der Waals surface area contributed by atoms with Crippen LogP contribution in [0, 0.1) is 0 Å². The lowest BCUT2D eigenvalue weighted by atomic mass is 10.0. The molecular weight excluding hydrogens is 224 g/mol. The second-order valence-electron chi connectivity index (χ2n) is 5.33. The van der Waals surface area contributed by atoms with Crippen molar-refractivity contribution in [2.45, 2.75) is 25.0 Å². The highest BCUT2D eigenvalue weighted by atomic mass is 16.6. The molecule has 2 aromatic rings. The molecule has 0 amide bonds. The van der Waals surface area contributed by atoms with Gasteiger partial charge in [-0.1, -0.05) is 36.4 Å². The van der Waals surface area contributed by atoms with Gasteiger partial charge in [0.15, 0.2) is 0 Å². The number of ether oxygens (including phenoxy) is 2. The Hall–Kier alpha value is -1.38. The molecule has 2 saturated heterocycles. The maximum Gasteiger partial charge on any atom is 0.0850 e. The molecule has 2 heteroatoms. The summed E-state index contributed by atoms with van der Waals surface area (Å²) >= 11 is 0. The first-order valence-corrected chi connectivity index (χ1v) is 6.61. The topological polar surface area (TPSA) is 25.1 Å². The molecule has 0 saturated carbocycles. The van der Waals surface area contributed by atoms with Gasteiger partial charge in [0.05, 0.1) is 25.4 Å². The Labute approximate surface area is 107 Å². The predicted octanol–water partition coefficient (Wildman–Crippen LogP) is 2.72. The van der Waals surface area contributed by atoms with Crippen LogP contribution < -0.4 is 0 Å². The quantitative estimate of drug-likeness (QED) is 0.768. The van der Waals surface area contributed by atoms with Gasteiger partial charge in [-0.3, -0.25) is 0 Å². The van der Waals surface area contributed by atoms with E-state index in [9.17, 15) is 0 Å². The van der Waals surface area contributed by atoms with E-state index in [1.807, 2.05) is 0 Å². The minimum absolute atomic E-state index is 0.466. The fourth-order valence-electron chi connectivity index (χ4n) is 2.50. The summed E-state index contributed by atoms with van der Waals surface area (Å²) in [5.74, 6) is 0. The van der Waals surface area contributed by atoms with Gasteiger partial charge in [-0.05, 0) is 21.9 Å². The maximum atomic E-state index is 5.28. The van der Waals surface area contributed by atoms with Crippen LogP contribution in [0.4, 0.5) is 0 Å². The first kappa shape index (κ1) is 10.5. The molecule has 92 valence electrons. The molecule has 0 N–H and O–H groups in total. The zero-order valence-corrected chi connectivity index (χ0v) is 10.3. The van der Waals surface area contributed by atoms with Crippen LogP contribution in [0.25, 0.3) is 10.8 Å². The molecule has 18 heavy (non-hydrogen) atoms. The van der Waals surface area contributed by atoms with Crippen LogP contribution in [-0.2, 0) is 22.3 Å². The molecular formula is C16H16O2. The number of benzene rings is 2. The van der Waals surface area contributed by atoms with Crippen molar-refractivity contribution >= 4 is 10.8 Å². The van der Waals surface area contributed by atoms with Gasteiger partial charge < -0.3 is 9.47 Å². The van der Waals surface area contributed by atoms with Crippen molar-refractivity contribution in [3.05, 3.63) is 47.5 Å². The Balaban J connectivity index is 1.62. The molecule has 2 unspecified atom stereocenters. The molecule has 2 aliphatic rings. The Morgan fingerprint density at radius 3 is 1.61 bits per heavy atom. The van der Waals surface area contributed by atoms with Gasteiger partial charge in [0.25, 0.3) is 0 Å². The first-order chi connectivity index (χ1) is 8.87. The van der Waals surface area contributed by atoms with Crippen LogP contribution in [0.5, 0.6) is 0 Å². The van der Waals surface area contributed by atoms with E-state index in [0.717, 1.165) is 26.1 Å². The van der Waals surface area contributed by atoms with E-state index in [2.05, 4.69) is 36.4 Å². The van der Waals surface area contributed by atoms with Crippen molar-refractivity contribution in [1.29, 1.82) is 0 Å². The average Bonchev–Trinajstić information content (AvgIpc) is 3.25.